The number of benzene rings is 2. The number of amides is 5. The molecule has 2 aromatic carbocycles. The first kappa shape index (κ1) is 36.1. The summed E-state index contributed by atoms with van der Waals surface area (Å²) in [6.45, 7) is 6.38. The van der Waals surface area contributed by atoms with Crippen molar-refractivity contribution in [3.63, 3.8) is 0 Å². The number of hydrazine groups is 1. The van der Waals surface area contributed by atoms with Gasteiger partial charge in [-0.25, -0.2) is 4.79 Å². The number of rotatable bonds is 10. The quantitative estimate of drug-likeness (QED) is 0.106. The standard InChI is InChI=1S/C28H35N5O8.Na/c1-17(29-23(35)20(15-18-11-7-5-8-12-18)31-27(40)41-28(2,3)4)22(34)32-33-24(36)21(30-25(37)26(38)39)16-19-13-9-6-10-14-19;/h5-14,17,20-21H,15-16H2,1-4H3,(H,29,35)(H,30,37)(H,31,40)(H,32,34)(H,33,36)(H,38,39);/q;+1/p-1/t17-,20-,21-;/m0./s1. The van der Waals surface area contributed by atoms with Crippen LogP contribution in [0.2, 0.25) is 0 Å². The molecule has 0 spiro atoms. The largest absolute Gasteiger partial charge is 1.00 e. The first-order chi connectivity index (χ1) is 19.2. The van der Waals surface area contributed by atoms with Gasteiger partial charge in [0.1, 0.15) is 29.7 Å². The number of hydrogen-bond donors (Lipinski definition) is 5. The van der Waals surface area contributed by atoms with Crippen molar-refractivity contribution in [3.05, 3.63) is 71.8 Å². The Morgan fingerprint density at radius 3 is 1.62 bits per heavy atom. The molecule has 0 heterocycles. The Balaban J connectivity index is 0.00000882. The molecule has 0 unspecified atom stereocenters. The number of carbonyl (C=O) groups is 6. The third kappa shape index (κ3) is 13.1. The molecule has 42 heavy (non-hydrogen) atoms. The second-order valence-corrected chi connectivity index (χ2v) is 10.1. The van der Waals surface area contributed by atoms with Crippen LogP contribution in [0.4, 0.5) is 4.79 Å². The summed E-state index contributed by atoms with van der Waals surface area (Å²) in [4.78, 5) is 73.3. The number of hydrogen-bond acceptors (Lipinski definition) is 8. The second kappa shape index (κ2) is 17.1. The van der Waals surface area contributed by atoms with Crippen molar-refractivity contribution in [1.82, 2.24) is 26.8 Å². The molecule has 13 nitrogen and oxygen atoms in total. The molecular weight excluding hydrogens is 557 g/mol. The van der Waals surface area contributed by atoms with Gasteiger partial charge >= 0.3 is 35.7 Å². The Labute approximate surface area is 265 Å². The monoisotopic (exact) mass is 591 g/mol. The topological polar surface area (TPSA) is 195 Å². The molecule has 0 radical (unpaired) electrons. The number of nitrogens with one attached hydrogen (secondary N) is 5. The van der Waals surface area contributed by atoms with Crippen molar-refractivity contribution in [2.24, 2.45) is 0 Å². The maximum absolute atomic E-state index is 13.0. The maximum Gasteiger partial charge on any atom is 1.00 e. The number of aliphatic carboxylic acids is 1. The minimum atomic E-state index is -2.03. The van der Waals surface area contributed by atoms with E-state index in [4.69, 9.17) is 4.74 Å². The molecule has 0 bridgehead atoms. The van der Waals surface area contributed by atoms with Crippen LogP contribution in [0.3, 0.4) is 0 Å². The van der Waals surface area contributed by atoms with Crippen molar-refractivity contribution in [2.75, 3.05) is 0 Å². The zero-order valence-electron chi connectivity index (χ0n) is 24.2. The van der Waals surface area contributed by atoms with Gasteiger partial charge in [0.05, 0.1) is 0 Å². The molecule has 0 aromatic heterocycles. The van der Waals surface area contributed by atoms with Gasteiger partial charge < -0.3 is 30.6 Å². The molecule has 2 aromatic rings. The van der Waals surface area contributed by atoms with Crippen LogP contribution in [-0.4, -0.2) is 59.4 Å². The Hall–Kier alpha value is -3.94. The van der Waals surface area contributed by atoms with Gasteiger partial charge in [-0.3, -0.25) is 30.0 Å². The summed E-state index contributed by atoms with van der Waals surface area (Å²) < 4.78 is 5.25. The molecule has 0 saturated carbocycles. The fourth-order valence-corrected chi connectivity index (χ4v) is 3.48. The molecule has 3 atom stereocenters. The molecule has 5 amide bonds. The second-order valence-electron chi connectivity index (χ2n) is 10.1. The Morgan fingerprint density at radius 2 is 1.17 bits per heavy atom. The zero-order chi connectivity index (χ0) is 30.6. The van der Waals surface area contributed by atoms with Gasteiger partial charge in [0.25, 0.3) is 17.7 Å². The van der Waals surface area contributed by atoms with Gasteiger partial charge in [-0.1, -0.05) is 60.7 Å². The van der Waals surface area contributed by atoms with Crippen LogP contribution in [0.15, 0.2) is 60.7 Å². The summed E-state index contributed by atoms with van der Waals surface area (Å²) in [5, 5.41) is 17.9. The first-order valence-corrected chi connectivity index (χ1v) is 12.7. The number of ether oxygens (including phenoxy) is 1. The van der Waals surface area contributed by atoms with E-state index in [2.05, 4.69) is 21.5 Å². The fourth-order valence-electron chi connectivity index (χ4n) is 3.48. The number of carboxylic acids is 1. The van der Waals surface area contributed by atoms with E-state index >= 15 is 0 Å². The number of alkyl carbamates (subject to hydrolysis) is 1. The molecule has 2 rings (SSSR count). The van der Waals surface area contributed by atoms with E-state index in [0.717, 1.165) is 5.56 Å². The molecule has 0 fully saturated rings. The Kier molecular flexibility index (Phi) is 14.7. The van der Waals surface area contributed by atoms with E-state index in [1.165, 1.54) is 6.92 Å². The summed E-state index contributed by atoms with van der Waals surface area (Å²) in [5.74, 6) is -5.95. The van der Waals surface area contributed by atoms with Crippen LogP contribution in [0, 0.1) is 0 Å². The summed E-state index contributed by atoms with van der Waals surface area (Å²) in [6, 6.07) is 13.7. The van der Waals surface area contributed by atoms with E-state index in [1.807, 2.05) is 5.32 Å². The third-order valence-corrected chi connectivity index (χ3v) is 5.44. The van der Waals surface area contributed by atoms with Crippen molar-refractivity contribution in [1.29, 1.82) is 0 Å². The predicted octanol–water partition coefficient (Wildman–Crippen LogP) is -3.74. The predicted molar refractivity (Wildman–Crippen MR) is 144 cm³/mol. The Bertz CT molecular complexity index is 1240. The number of carbonyl (C=O) groups excluding carboxylic acids is 6. The molecular formula is C28H34N5NaO8. The van der Waals surface area contributed by atoms with Gasteiger partial charge in [0.15, 0.2) is 0 Å². The van der Waals surface area contributed by atoms with Crippen molar-refractivity contribution >= 4 is 35.7 Å². The summed E-state index contributed by atoms with van der Waals surface area (Å²) in [7, 11) is 0. The van der Waals surface area contributed by atoms with Crippen LogP contribution < -0.4 is 61.5 Å². The van der Waals surface area contributed by atoms with Gasteiger partial charge in [-0.15, -0.1) is 0 Å². The minimum absolute atomic E-state index is 0. The molecule has 14 heteroatoms. The van der Waals surface area contributed by atoms with Gasteiger partial charge in [0.2, 0.25) is 5.91 Å². The Morgan fingerprint density at radius 1 is 0.714 bits per heavy atom. The van der Waals surface area contributed by atoms with Crippen molar-refractivity contribution in [2.45, 2.75) is 64.3 Å². The fraction of sp³-hybridized carbons (Fsp3) is 0.357. The third-order valence-electron chi connectivity index (χ3n) is 5.44. The van der Waals surface area contributed by atoms with E-state index in [1.54, 1.807) is 81.4 Å². The van der Waals surface area contributed by atoms with Gasteiger partial charge in [-0.05, 0) is 38.8 Å². The van der Waals surface area contributed by atoms with Crippen LogP contribution >= 0.6 is 0 Å². The smallest absolute Gasteiger partial charge is 0.540 e. The average Bonchev–Trinajstić information content (AvgIpc) is 2.90. The van der Waals surface area contributed by atoms with Crippen molar-refractivity contribution < 1.29 is 68.2 Å². The normalized spacial score (nSPS) is 12.7. The van der Waals surface area contributed by atoms with Gasteiger partial charge in [0, 0.05) is 12.8 Å². The van der Waals surface area contributed by atoms with Crippen LogP contribution in [0.5, 0.6) is 0 Å². The molecule has 5 N–H and O–H groups in total. The zero-order valence-corrected chi connectivity index (χ0v) is 26.2. The molecule has 0 saturated heterocycles. The van der Waals surface area contributed by atoms with Crippen molar-refractivity contribution in [3.8, 4) is 0 Å². The van der Waals surface area contributed by atoms with E-state index in [9.17, 15) is 33.9 Å². The molecule has 0 aliphatic carbocycles. The van der Waals surface area contributed by atoms with Crippen LogP contribution in [0.25, 0.3) is 0 Å². The SMILES string of the molecule is C[C@H](NC(=O)[C@H](Cc1ccccc1)NC(=O)OC(C)(C)C)C(=O)NNC(=O)[C@H](Cc1ccccc1)NC(=O)C(=O)[O-].[Na+]. The van der Waals surface area contributed by atoms with E-state index < -0.39 is 59.4 Å². The maximum atomic E-state index is 13.0. The molecule has 0 aliphatic rings. The number of carboxylic acid groups (broad SMARTS) is 1. The van der Waals surface area contributed by atoms with E-state index in [-0.39, 0.29) is 42.4 Å². The molecule has 220 valence electrons. The summed E-state index contributed by atoms with van der Waals surface area (Å²) in [6.07, 6.45) is -0.789. The van der Waals surface area contributed by atoms with Gasteiger partial charge in [-0.2, -0.15) is 0 Å². The van der Waals surface area contributed by atoms with E-state index in [0.29, 0.717) is 5.56 Å². The first-order valence-electron chi connectivity index (χ1n) is 12.7. The molecule has 0 aliphatic heterocycles. The summed E-state index contributed by atoms with van der Waals surface area (Å²) >= 11 is 0. The summed E-state index contributed by atoms with van der Waals surface area (Å²) in [5.41, 5.74) is 4.81. The average molecular weight is 592 g/mol. The minimum Gasteiger partial charge on any atom is -0.540 e. The van der Waals surface area contributed by atoms with Crippen LogP contribution in [0.1, 0.15) is 38.8 Å². The van der Waals surface area contributed by atoms with Crippen LogP contribution in [-0.2, 0) is 41.6 Å².